The molecule has 6 heteroatoms. The smallest absolute Gasteiger partial charge is 0.253 e. The SMILES string of the molecule is CCC(=O)N(C)c1ccccc1C(=O)NC(C)CC(O)c1ccco1. The van der Waals surface area contributed by atoms with Crippen LogP contribution in [0.25, 0.3) is 0 Å². The lowest BCUT2D eigenvalue weighted by Crippen LogP contribution is -2.35. The third kappa shape index (κ3) is 4.70. The number of carbonyl (C=O) groups excluding carboxylic acids is 2. The molecule has 2 amide bonds. The standard InChI is InChI=1S/C19H24N2O4/c1-4-18(23)21(3)15-9-6-5-8-14(15)19(24)20-13(2)12-16(22)17-10-7-11-25-17/h5-11,13,16,22H,4,12H2,1-3H3,(H,20,24). The number of nitrogens with zero attached hydrogens (tertiary/aromatic N) is 1. The molecule has 6 nitrogen and oxygen atoms in total. The van der Waals surface area contributed by atoms with Gasteiger partial charge in [-0.25, -0.2) is 0 Å². The Hall–Kier alpha value is -2.60. The van der Waals surface area contributed by atoms with E-state index in [2.05, 4.69) is 5.32 Å². The minimum Gasteiger partial charge on any atom is -0.467 e. The van der Waals surface area contributed by atoms with Crippen LogP contribution in [-0.2, 0) is 4.79 Å². The van der Waals surface area contributed by atoms with Gasteiger partial charge in [0.25, 0.3) is 5.91 Å². The van der Waals surface area contributed by atoms with Crippen molar-refractivity contribution in [2.24, 2.45) is 0 Å². The molecular formula is C19H24N2O4. The number of furan rings is 1. The second-order valence-corrected chi connectivity index (χ2v) is 5.96. The van der Waals surface area contributed by atoms with Crippen molar-refractivity contribution in [1.82, 2.24) is 5.32 Å². The molecule has 1 heterocycles. The minimum absolute atomic E-state index is 0.0680. The highest BCUT2D eigenvalue weighted by atomic mass is 16.4. The van der Waals surface area contributed by atoms with Crippen molar-refractivity contribution in [3.8, 4) is 0 Å². The second kappa shape index (κ2) is 8.48. The van der Waals surface area contributed by atoms with E-state index in [1.54, 1.807) is 50.4 Å². The fourth-order valence-electron chi connectivity index (χ4n) is 2.62. The molecule has 0 spiro atoms. The van der Waals surface area contributed by atoms with Gasteiger partial charge in [0.05, 0.1) is 17.5 Å². The summed E-state index contributed by atoms with van der Waals surface area (Å²) >= 11 is 0. The Morgan fingerprint density at radius 3 is 2.60 bits per heavy atom. The van der Waals surface area contributed by atoms with Crippen LogP contribution < -0.4 is 10.2 Å². The van der Waals surface area contributed by atoms with Crippen LogP contribution in [0.4, 0.5) is 5.69 Å². The molecule has 0 aliphatic carbocycles. The molecule has 1 aromatic carbocycles. The maximum atomic E-state index is 12.6. The lowest BCUT2D eigenvalue weighted by atomic mass is 10.1. The summed E-state index contributed by atoms with van der Waals surface area (Å²) in [5, 5.41) is 13.0. The highest BCUT2D eigenvalue weighted by Gasteiger charge is 2.20. The molecular weight excluding hydrogens is 320 g/mol. The zero-order valence-electron chi connectivity index (χ0n) is 14.7. The van der Waals surface area contributed by atoms with Crippen LogP contribution in [-0.4, -0.2) is 30.0 Å². The fourth-order valence-corrected chi connectivity index (χ4v) is 2.62. The van der Waals surface area contributed by atoms with Gasteiger partial charge in [-0.15, -0.1) is 0 Å². The molecule has 0 fully saturated rings. The lowest BCUT2D eigenvalue weighted by Gasteiger charge is -2.21. The molecule has 2 unspecified atom stereocenters. The van der Waals surface area contributed by atoms with Gasteiger partial charge in [0.2, 0.25) is 5.91 Å². The van der Waals surface area contributed by atoms with Crippen molar-refractivity contribution < 1.29 is 19.1 Å². The molecule has 0 bridgehead atoms. The first kappa shape index (κ1) is 18.7. The second-order valence-electron chi connectivity index (χ2n) is 5.96. The highest BCUT2D eigenvalue weighted by Crippen LogP contribution is 2.22. The van der Waals surface area contributed by atoms with E-state index in [0.717, 1.165) is 0 Å². The van der Waals surface area contributed by atoms with Gasteiger partial charge in [-0.3, -0.25) is 9.59 Å². The zero-order chi connectivity index (χ0) is 18.4. The van der Waals surface area contributed by atoms with Gasteiger partial charge in [-0.2, -0.15) is 0 Å². The molecule has 134 valence electrons. The Kier molecular flexibility index (Phi) is 6.36. The van der Waals surface area contributed by atoms with Gasteiger partial charge in [0, 0.05) is 25.9 Å². The van der Waals surface area contributed by atoms with Crippen LogP contribution in [0.1, 0.15) is 48.9 Å². The Balaban J connectivity index is 2.06. The zero-order valence-corrected chi connectivity index (χ0v) is 14.7. The summed E-state index contributed by atoms with van der Waals surface area (Å²) in [6, 6.07) is 10.1. The van der Waals surface area contributed by atoms with E-state index in [4.69, 9.17) is 4.42 Å². The summed E-state index contributed by atoms with van der Waals surface area (Å²) in [5.74, 6) is 0.113. The van der Waals surface area contributed by atoms with Crippen LogP contribution in [0, 0.1) is 0 Å². The first-order valence-corrected chi connectivity index (χ1v) is 8.32. The average molecular weight is 344 g/mol. The molecule has 25 heavy (non-hydrogen) atoms. The van der Waals surface area contributed by atoms with E-state index < -0.39 is 6.10 Å². The maximum absolute atomic E-state index is 12.6. The predicted octanol–water partition coefficient (Wildman–Crippen LogP) is 2.89. The van der Waals surface area contributed by atoms with Crippen molar-refractivity contribution in [2.75, 3.05) is 11.9 Å². The molecule has 0 saturated carbocycles. The summed E-state index contributed by atoms with van der Waals surface area (Å²) in [6.45, 7) is 3.59. The Morgan fingerprint density at radius 1 is 1.24 bits per heavy atom. The maximum Gasteiger partial charge on any atom is 0.253 e. The van der Waals surface area contributed by atoms with E-state index in [9.17, 15) is 14.7 Å². The van der Waals surface area contributed by atoms with E-state index in [1.807, 2.05) is 6.92 Å². The number of para-hydroxylation sites is 1. The number of nitrogens with one attached hydrogen (secondary N) is 1. The van der Waals surface area contributed by atoms with Gasteiger partial charge < -0.3 is 19.7 Å². The van der Waals surface area contributed by atoms with Gasteiger partial charge >= 0.3 is 0 Å². The molecule has 0 aliphatic rings. The number of benzene rings is 1. The lowest BCUT2D eigenvalue weighted by molar-refractivity contribution is -0.118. The van der Waals surface area contributed by atoms with Crippen molar-refractivity contribution in [1.29, 1.82) is 0 Å². The molecule has 0 radical (unpaired) electrons. The Morgan fingerprint density at radius 2 is 1.96 bits per heavy atom. The van der Waals surface area contributed by atoms with Crippen LogP contribution in [0.3, 0.4) is 0 Å². The molecule has 2 rings (SSSR count). The first-order valence-electron chi connectivity index (χ1n) is 8.32. The van der Waals surface area contributed by atoms with Gasteiger partial charge in [-0.1, -0.05) is 19.1 Å². The number of rotatable bonds is 7. The summed E-state index contributed by atoms with van der Waals surface area (Å²) in [7, 11) is 1.65. The molecule has 0 aliphatic heterocycles. The number of anilines is 1. The summed E-state index contributed by atoms with van der Waals surface area (Å²) in [4.78, 5) is 26.0. The first-order chi connectivity index (χ1) is 11.9. The molecule has 2 N–H and O–H groups in total. The highest BCUT2D eigenvalue weighted by molar-refractivity contribution is 6.04. The normalized spacial score (nSPS) is 13.1. The van der Waals surface area contributed by atoms with Crippen LogP contribution in [0.15, 0.2) is 47.1 Å². The molecule has 0 saturated heterocycles. The Labute approximate surface area is 147 Å². The van der Waals surface area contributed by atoms with Crippen molar-refractivity contribution in [3.05, 3.63) is 54.0 Å². The van der Waals surface area contributed by atoms with Crippen molar-refractivity contribution in [2.45, 2.75) is 38.8 Å². The van der Waals surface area contributed by atoms with Crippen molar-refractivity contribution in [3.63, 3.8) is 0 Å². The summed E-state index contributed by atoms with van der Waals surface area (Å²) < 4.78 is 5.17. The van der Waals surface area contributed by atoms with E-state index >= 15 is 0 Å². The number of amides is 2. The third-order valence-corrected chi connectivity index (χ3v) is 4.01. The molecule has 2 atom stereocenters. The third-order valence-electron chi connectivity index (χ3n) is 4.01. The predicted molar refractivity (Wildman–Crippen MR) is 95.4 cm³/mol. The fraction of sp³-hybridized carbons (Fsp3) is 0.368. The van der Waals surface area contributed by atoms with Crippen molar-refractivity contribution >= 4 is 17.5 Å². The van der Waals surface area contributed by atoms with Gasteiger partial charge in [0.15, 0.2) is 0 Å². The van der Waals surface area contributed by atoms with Gasteiger partial charge in [0.1, 0.15) is 11.9 Å². The van der Waals surface area contributed by atoms with Crippen LogP contribution >= 0.6 is 0 Å². The van der Waals surface area contributed by atoms with Gasteiger partial charge in [-0.05, 0) is 31.2 Å². The van der Waals surface area contributed by atoms with Crippen LogP contribution in [0.5, 0.6) is 0 Å². The monoisotopic (exact) mass is 344 g/mol. The largest absolute Gasteiger partial charge is 0.467 e. The van der Waals surface area contributed by atoms with Crippen LogP contribution in [0.2, 0.25) is 0 Å². The number of hydrogen-bond acceptors (Lipinski definition) is 4. The summed E-state index contributed by atoms with van der Waals surface area (Å²) in [6.07, 6.45) is 1.40. The number of aliphatic hydroxyl groups excluding tert-OH is 1. The minimum atomic E-state index is -0.787. The number of hydrogen-bond donors (Lipinski definition) is 2. The summed E-state index contributed by atoms with van der Waals surface area (Å²) in [5.41, 5.74) is 0.983. The number of aliphatic hydroxyl groups is 1. The van der Waals surface area contributed by atoms with E-state index in [0.29, 0.717) is 29.9 Å². The number of carbonyl (C=O) groups is 2. The quantitative estimate of drug-likeness (QED) is 0.809. The molecule has 1 aromatic heterocycles. The molecule has 2 aromatic rings. The topological polar surface area (TPSA) is 82.8 Å². The average Bonchev–Trinajstić information content (AvgIpc) is 3.15. The Bertz CT molecular complexity index is 712. The van der Waals surface area contributed by atoms with E-state index in [1.165, 1.54) is 11.2 Å². The van der Waals surface area contributed by atoms with E-state index in [-0.39, 0.29) is 17.9 Å².